The Hall–Kier alpha value is -2.54. The Balaban J connectivity index is 1.25. The van der Waals surface area contributed by atoms with Crippen LogP contribution in [0.3, 0.4) is 0 Å². The summed E-state index contributed by atoms with van der Waals surface area (Å²) in [7, 11) is -7.20. The molecule has 2 aromatic rings. The Kier molecular flexibility index (Phi) is 7.51. The number of aryl methyl sites for hydroxylation is 1. The quantitative estimate of drug-likeness (QED) is 0.509. The van der Waals surface area contributed by atoms with Crippen LogP contribution >= 0.6 is 0 Å². The first-order chi connectivity index (χ1) is 18.1. The number of hydrogen-bond donors (Lipinski definition) is 2. The monoisotopic (exact) mass is 561 g/mol. The highest BCUT2D eigenvalue weighted by atomic mass is 32.2. The fraction of sp³-hybridized carbons (Fsp3) is 0.538. The zero-order valence-electron chi connectivity index (χ0n) is 21.4. The van der Waals surface area contributed by atoms with E-state index in [1.165, 1.54) is 16.1 Å². The van der Waals surface area contributed by atoms with Gasteiger partial charge in [-0.25, -0.2) is 22.0 Å². The molecule has 3 aliphatic rings. The van der Waals surface area contributed by atoms with Gasteiger partial charge >= 0.3 is 0 Å². The average molecular weight is 562 g/mol. The highest BCUT2D eigenvalue weighted by Crippen LogP contribution is 2.35. The smallest absolute Gasteiger partial charge is 0.253 e. The van der Waals surface area contributed by atoms with Crippen molar-refractivity contribution in [1.82, 2.24) is 14.2 Å². The van der Waals surface area contributed by atoms with Gasteiger partial charge in [-0.15, -0.1) is 0 Å². The summed E-state index contributed by atoms with van der Waals surface area (Å²) < 4.78 is 52.1. The van der Waals surface area contributed by atoms with Crippen LogP contribution in [0.5, 0.6) is 0 Å². The van der Waals surface area contributed by atoms with Crippen LogP contribution in [0.1, 0.15) is 56.9 Å². The van der Waals surface area contributed by atoms with Crippen LogP contribution in [0, 0.1) is 5.92 Å². The van der Waals surface area contributed by atoms with Crippen LogP contribution in [-0.4, -0.2) is 61.8 Å². The minimum atomic E-state index is -3.69. The summed E-state index contributed by atoms with van der Waals surface area (Å²) in [6.45, 7) is 0.970. The van der Waals surface area contributed by atoms with Crippen molar-refractivity contribution in [2.75, 3.05) is 18.8 Å². The molecule has 1 saturated carbocycles. The van der Waals surface area contributed by atoms with E-state index < -0.39 is 25.6 Å². The molecule has 0 atom stereocenters. The van der Waals surface area contributed by atoms with Crippen molar-refractivity contribution in [2.45, 2.75) is 63.5 Å². The summed E-state index contributed by atoms with van der Waals surface area (Å²) in [6, 6.07) is 7.50. The highest BCUT2D eigenvalue weighted by Gasteiger charge is 2.48. The van der Waals surface area contributed by atoms with Gasteiger partial charge in [0.25, 0.3) is 5.91 Å². The van der Waals surface area contributed by atoms with E-state index in [0.717, 1.165) is 48.0 Å². The Labute approximate surface area is 224 Å². The van der Waals surface area contributed by atoms with E-state index in [-0.39, 0.29) is 24.7 Å². The predicted molar refractivity (Wildman–Crippen MR) is 148 cm³/mol. The van der Waals surface area contributed by atoms with Crippen molar-refractivity contribution < 1.29 is 21.6 Å². The molecule has 0 unspecified atom stereocenters. The first-order valence-corrected chi connectivity index (χ1v) is 16.5. The summed E-state index contributed by atoms with van der Waals surface area (Å²) in [5.74, 6) is 0.917. The first kappa shape index (κ1) is 27.0. The SMILES string of the molecule is NS(=O)(=O)CCCn1ccc2c(/C=C/S(=O)(=O)N3CCC4(CC3)N=C(C3CCCCC3)NC4=O)cccc21. The molecular formula is C26H35N5O5S2. The number of rotatable bonds is 8. The number of piperidine rings is 1. The van der Waals surface area contributed by atoms with Gasteiger partial charge in [-0.05, 0) is 55.9 Å². The van der Waals surface area contributed by atoms with Crippen molar-refractivity contribution in [3.63, 3.8) is 0 Å². The van der Waals surface area contributed by atoms with Crippen LogP contribution in [0.25, 0.3) is 17.0 Å². The Morgan fingerprint density at radius 2 is 1.82 bits per heavy atom. The van der Waals surface area contributed by atoms with E-state index in [1.807, 2.05) is 35.0 Å². The summed E-state index contributed by atoms with van der Waals surface area (Å²) >= 11 is 0. The summed E-state index contributed by atoms with van der Waals surface area (Å²) in [6.07, 6.45) is 10.2. The number of nitrogens with zero attached hydrogens (tertiary/aromatic N) is 3. The maximum absolute atomic E-state index is 13.2. The third kappa shape index (κ3) is 5.73. The number of nitrogens with two attached hydrogens (primary N) is 1. The van der Waals surface area contributed by atoms with Crippen molar-refractivity contribution >= 4 is 48.8 Å². The summed E-state index contributed by atoms with van der Waals surface area (Å²) in [5, 5.41) is 10.2. The number of amides is 1. The lowest BCUT2D eigenvalue weighted by molar-refractivity contribution is -0.125. The number of fused-ring (bicyclic) bond motifs is 1. The Morgan fingerprint density at radius 1 is 1.08 bits per heavy atom. The summed E-state index contributed by atoms with van der Waals surface area (Å²) in [4.78, 5) is 17.7. The molecule has 206 valence electrons. The lowest BCUT2D eigenvalue weighted by atomic mass is 9.88. The highest BCUT2D eigenvalue weighted by molar-refractivity contribution is 7.92. The molecule has 1 amide bonds. The van der Waals surface area contributed by atoms with Crippen LogP contribution in [-0.2, 0) is 31.4 Å². The minimum Gasteiger partial charge on any atom is -0.347 e. The number of nitrogens with one attached hydrogen (secondary N) is 1. The van der Waals surface area contributed by atoms with E-state index in [0.29, 0.717) is 31.7 Å². The fourth-order valence-corrected chi connectivity index (χ4v) is 7.54. The van der Waals surface area contributed by atoms with Crippen LogP contribution in [0.2, 0.25) is 0 Å². The molecule has 2 aliphatic heterocycles. The topological polar surface area (TPSA) is 144 Å². The third-order valence-corrected chi connectivity index (χ3v) is 10.4. The maximum atomic E-state index is 13.2. The second kappa shape index (κ2) is 10.6. The third-order valence-electron chi connectivity index (χ3n) is 7.99. The number of carbonyl (C=O) groups is 1. The number of primary sulfonamides is 1. The molecule has 1 aromatic heterocycles. The Bertz CT molecular complexity index is 1480. The fourth-order valence-electron chi connectivity index (χ4n) is 5.83. The summed E-state index contributed by atoms with van der Waals surface area (Å²) in [5.41, 5.74) is 0.791. The van der Waals surface area contributed by atoms with E-state index in [1.54, 1.807) is 6.08 Å². The molecular weight excluding hydrogens is 526 g/mol. The number of sulfonamides is 2. The van der Waals surface area contributed by atoms with Gasteiger partial charge in [0.2, 0.25) is 20.0 Å². The van der Waals surface area contributed by atoms with Crippen LogP contribution < -0.4 is 10.5 Å². The normalized spacial score (nSPS) is 21.4. The van der Waals surface area contributed by atoms with Gasteiger partial charge in [0.1, 0.15) is 11.4 Å². The second-order valence-corrected chi connectivity index (χ2v) is 14.1. The van der Waals surface area contributed by atoms with E-state index in [4.69, 9.17) is 10.1 Å². The van der Waals surface area contributed by atoms with Gasteiger partial charge in [-0.3, -0.25) is 9.79 Å². The molecule has 1 aromatic carbocycles. The molecule has 2 fully saturated rings. The molecule has 3 N–H and O–H groups in total. The van der Waals surface area contributed by atoms with Crippen molar-refractivity contribution in [3.05, 3.63) is 41.4 Å². The number of benzene rings is 1. The zero-order valence-corrected chi connectivity index (χ0v) is 23.0. The predicted octanol–water partition coefficient (Wildman–Crippen LogP) is 2.56. The maximum Gasteiger partial charge on any atom is 0.253 e. The number of aromatic nitrogens is 1. The number of carbonyl (C=O) groups excluding carboxylic acids is 1. The first-order valence-electron chi connectivity index (χ1n) is 13.2. The van der Waals surface area contributed by atoms with Gasteiger partial charge in [0, 0.05) is 48.1 Å². The van der Waals surface area contributed by atoms with Crippen LogP contribution in [0.15, 0.2) is 40.9 Å². The number of amidine groups is 1. The van der Waals surface area contributed by atoms with Gasteiger partial charge < -0.3 is 9.88 Å². The minimum absolute atomic E-state index is 0.0917. The van der Waals surface area contributed by atoms with E-state index in [9.17, 15) is 21.6 Å². The Morgan fingerprint density at radius 3 is 2.53 bits per heavy atom. The lowest BCUT2D eigenvalue weighted by Crippen LogP contribution is -2.50. The van der Waals surface area contributed by atoms with Crippen molar-refractivity contribution in [3.8, 4) is 0 Å². The molecule has 1 aliphatic carbocycles. The molecule has 12 heteroatoms. The van der Waals surface area contributed by atoms with E-state index in [2.05, 4.69) is 5.32 Å². The van der Waals surface area contributed by atoms with Gasteiger partial charge in [0.15, 0.2) is 0 Å². The number of hydrogen-bond acceptors (Lipinski definition) is 6. The molecule has 1 spiro atoms. The van der Waals surface area contributed by atoms with E-state index >= 15 is 0 Å². The lowest BCUT2D eigenvalue weighted by Gasteiger charge is -2.34. The molecule has 0 radical (unpaired) electrons. The van der Waals surface area contributed by atoms with Gasteiger partial charge in [-0.1, -0.05) is 31.4 Å². The zero-order chi connectivity index (χ0) is 27.0. The number of aliphatic imine (C=N–C) groups is 1. The molecule has 3 heterocycles. The second-order valence-electron chi connectivity index (χ2n) is 10.6. The molecule has 10 nitrogen and oxygen atoms in total. The molecule has 0 bridgehead atoms. The van der Waals surface area contributed by atoms with Crippen molar-refractivity contribution in [1.29, 1.82) is 0 Å². The molecule has 38 heavy (non-hydrogen) atoms. The van der Waals surface area contributed by atoms with Crippen molar-refractivity contribution in [2.24, 2.45) is 16.0 Å². The average Bonchev–Trinajstić information content (AvgIpc) is 3.44. The van der Waals surface area contributed by atoms with Crippen LogP contribution in [0.4, 0.5) is 0 Å². The molecule has 1 saturated heterocycles. The van der Waals surface area contributed by atoms with Gasteiger partial charge in [0.05, 0.1) is 5.75 Å². The molecule has 5 rings (SSSR count). The standard InChI is InChI=1S/C26H35N5O5S2/c27-37(33,34)18-5-14-30-15-10-22-20(8-4-9-23(22)30)11-19-38(35,36)31-16-12-26(13-17-31)25(32)28-24(29-26)21-6-2-1-3-7-21/h4,8-11,15,19,21H,1-3,5-7,12-14,16-18H2,(H2,27,33,34)(H,28,29,32)/b19-11+. The largest absolute Gasteiger partial charge is 0.347 e. The van der Waals surface area contributed by atoms with Gasteiger partial charge in [-0.2, -0.15) is 4.31 Å².